The van der Waals surface area contributed by atoms with Crippen molar-refractivity contribution in [1.29, 1.82) is 0 Å². The predicted octanol–water partition coefficient (Wildman–Crippen LogP) is 6.03. The van der Waals surface area contributed by atoms with Crippen molar-refractivity contribution in [3.05, 3.63) is 83.4 Å². The van der Waals surface area contributed by atoms with Gasteiger partial charge in [0.1, 0.15) is 0 Å². The zero-order chi connectivity index (χ0) is 17.6. The Labute approximate surface area is 151 Å². The van der Waals surface area contributed by atoms with Crippen LogP contribution in [0.4, 0.5) is 0 Å². The molecule has 0 aliphatic carbocycles. The fourth-order valence-corrected chi connectivity index (χ4v) is 3.29. The SMILES string of the molecule is CCCc1ccc(-c2ccc(-c3ccc(CO)cc3)c(CC)c2)cc1. The second kappa shape index (κ2) is 8.13. The van der Waals surface area contributed by atoms with Gasteiger partial charge in [-0.3, -0.25) is 0 Å². The molecule has 1 nitrogen and oxygen atoms in total. The molecular formula is C24H26O. The standard InChI is InChI=1S/C24H26O/c1-3-5-18-6-10-21(11-7-18)23-14-15-24(20(4-2)16-23)22-12-8-19(17-25)9-13-22/h6-16,25H,3-5,17H2,1-2H3. The van der Waals surface area contributed by atoms with Crippen LogP contribution in [0.25, 0.3) is 22.3 Å². The maximum atomic E-state index is 9.22. The first-order chi connectivity index (χ1) is 12.2. The van der Waals surface area contributed by atoms with E-state index in [1.807, 2.05) is 12.1 Å². The lowest BCUT2D eigenvalue weighted by Crippen LogP contribution is -1.91. The van der Waals surface area contributed by atoms with Gasteiger partial charge in [-0.05, 0) is 51.8 Å². The van der Waals surface area contributed by atoms with Gasteiger partial charge < -0.3 is 5.11 Å². The van der Waals surface area contributed by atoms with Gasteiger partial charge in [0, 0.05) is 0 Å². The summed E-state index contributed by atoms with van der Waals surface area (Å²) in [5, 5.41) is 9.22. The lowest BCUT2D eigenvalue weighted by atomic mass is 9.93. The minimum Gasteiger partial charge on any atom is -0.392 e. The van der Waals surface area contributed by atoms with Gasteiger partial charge >= 0.3 is 0 Å². The summed E-state index contributed by atoms with van der Waals surface area (Å²) in [5.74, 6) is 0. The van der Waals surface area contributed by atoms with Gasteiger partial charge in [-0.1, -0.05) is 87.0 Å². The second-order valence-electron chi connectivity index (χ2n) is 6.53. The third-order valence-corrected chi connectivity index (χ3v) is 4.76. The van der Waals surface area contributed by atoms with Gasteiger partial charge in [-0.25, -0.2) is 0 Å². The number of aryl methyl sites for hydroxylation is 2. The summed E-state index contributed by atoms with van der Waals surface area (Å²) in [5.41, 5.74) is 8.74. The molecule has 3 rings (SSSR count). The molecule has 3 aromatic carbocycles. The summed E-state index contributed by atoms with van der Waals surface area (Å²) in [7, 11) is 0. The Balaban J connectivity index is 1.93. The molecule has 25 heavy (non-hydrogen) atoms. The quantitative estimate of drug-likeness (QED) is 0.585. The monoisotopic (exact) mass is 330 g/mol. The van der Waals surface area contributed by atoms with Crippen LogP contribution in [0.2, 0.25) is 0 Å². The predicted molar refractivity (Wildman–Crippen MR) is 107 cm³/mol. The van der Waals surface area contributed by atoms with E-state index in [0.717, 1.165) is 18.4 Å². The molecule has 0 atom stereocenters. The molecule has 128 valence electrons. The highest BCUT2D eigenvalue weighted by molar-refractivity contribution is 5.74. The van der Waals surface area contributed by atoms with Crippen LogP contribution in [0.5, 0.6) is 0 Å². The minimum atomic E-state index is 0.0912. The van der Waals surface area contributed by atoms with E-state index >= 15 is 0 Å². The van der Waals surface area contributed by atoms with Crippen molar-refractivity contribution in [2.45, 2.75) is 39.7 Å². The molecule has 3 aromatic rings. The molecule has 0 amide bonds. The van der Waals surface area contributed by atoms with Crippen molar-refractivity contribution in [2.75, 3.05) is 0 Å². The van der Waals surface area contributed by atoms with Gasteiger partial charge in [0.2, 0.25) is 0 Å². The summed E-state index contributed by atoms with van der Waals surface area (Å²) in [6.07, 6.45) is 3.32. The Morgan fingerprint density at radius 1 is 0.680 bits per heavy atom. The van der Waals surface area contributed by atoms with Crippen LogP contribution in [0, 0.1) is 0 Å². The Morgan fingerprint density at radius 2 is 1.28 bits per heavy atom. The maximum absolute atomic E-state index is 9.22. The van der Waals surface area contributed by atoms with E-state index < -0.39 is 0 Å². The van der Waals surface area contributed by atoms with Crippen molar-refractivity contribution >= 4 is 0 Å². The fourth-order valence-electron chi connectivity index (χ4n) is 3.29. The molecule has 0 aliphatic heterocycles. The van der Waals surface area contributed by atoms with Gasteiger partial charge in [0.25, 0.3) is 0 Å². The molecule has 1 heteroatoms. The van der Waals surface area contributed by atoms with Crippen LogP contribution in [0.3, 0.4) is 0 Å². The smallest absolute Gasteiger partial charge is 0.0681 e. The highest BCUT2D eigenvalue weighted by Gasteiger charge is 2.07. The number of rotatable bonds is 6. The Kier molecular flexibility index (Phi) is 5.67. The van der Waals surface area contributed by atoms with Crippen molar-refractivity contribution in [3.63, 3.8) is 0 Å². The van der Waals surface area contributed by atoms with E-state index in [1.54, 1.807) is 0 Å². The fraction of sp³-hybridized carbons (Fsp3) is 0.250. The lowest BCUT2D eigenvalue weighted by Gasteiger charge is -2.12. The van der Waals surface area contributed by atoms with Crippen LogP contribution < -0.4 is 0 Å². The molecule has 0 bridgehead atoms. The molecule has 1 N–H and O–H groups in total. The number of benzene rings is 3. The molecule has 0 saturated heterocycles. The van der Waals surface area contributed by atoms with E-state index in [-0.39, 0.29) is 6.61 Å². The van der Waals surface area contributed by atoms with Crippen LogP contribution in [0.15, 0.2) is 66.7 Å². The highest BCUT2D eigenvalue weighted by atomic mass is 16.3. The summed E-state index contributed by atoms with van der Waals surface area (Å²) in [4.78, 5) is 0. The summed E-state index contributed by atoms with van der Waals surface area (Å²) in [6.45, 7) is 4.51. The van der Waals surface area contributed by atoms with Crippen molar-refractivity contribution in [1.82, 2.24) is 0 Å². The maximum Gasteiger partial charge on any atom is 0.0681 e. The number of aliphatic hydroxyl groups is 1. The molecule has 0 spiro atoms. The van der Waals surface area contributed by atoms with Crippen molar-refractivity contribution < 1.29 is 5.11 Å². The van der Waals surface area contributed by atoms with E-state index in [2.05, 4.69) is 68.4 Å². The zero-order valence-corrected chi connectivity index (χ0v) is 15.1. The summed E-state index contributed by atoms with van der Waals surface area (Å²) < 4.78 is 0. The van der Waals surface area contributed by atoms with Gasteiger partial charge in [0.05, 0.1) is 6.61 Å². The molecule has 0 aromatic heterocycles. The van der Waals surface area contributed by atoms with E-state index in [9.17, 15) is 5.11 Å². The van der Waals surface area contributed by atoms with Crippen LogP contribution in [-0.2, 0) is 19.4 Å². The number of hydrogen-bond acceptors (Lipinski definition) is 1. The first-order valence-electron chi connectivity index (χ1n) is 9.17. The molecule has 0 saturated carbocycles. The molecule has 0 aliphatic rings. The van der Waals surface area contributed by atoms with Gasteiger partial charge in [0.15, 0.2) is 0 Å². The number of aliphatic hydroxyl groups excluding tert-OH is 1. The van der Waals surface area contributed by atoms with Crippen molar-refractivity contribution in [2.24, 2.45) is 0 Å². The van der Waals surface area contributed by atoms with Gasteiger partial charge in [-0.2, -0.15) is 0 Å². The highest BCUT2D eigenvalue weighted by Crippen LogP contribution is 2.30. The largest absolute Gasteiger partial charge is 0.392 e. The van der Waals surface area contributed by atoms with E-state index in [0.29, 0.717) is 0 Å². The second-order valence-corrected chi connectivity index (χ2v) is 6.53. The Bertz CT molecular complexity index is 814. The van der Waals surface area contributed by atoms with E-state index in [4.69, 9.17) is 0 Å². The summed E-state index contributed by atoms with van der Waals surface area (Å²) >= 11 is 0. The topological polar surface area (TPSA) is 20.2 Å². The summed E-state index contributed by atoms with van der Waals surface area (Å²) in [6, 6.07) is 23.9. The third-order valence-electron chi connectivity index (χ3n) is 4.76. The normalized spacial score (nSPS) is 10.8. The Morgan fingerprint density at radius 3 is 1.88 bits per heavy atom. The lowest BCUT2D eigenvalue weighted by molar-refractivity contribution is 0.282. The molecular weight excluding hydrogens is 304 g/mol. The van der Waals surface area contributed by atoms with Crippen LogP contribution in [0.1, 0.15) is 37.0 Å². The van der Waals surface area contributed by atoms with Crippen molar-refractivity contribution in [3.8, 4) is 22.3 Å². The molecule has 0 unspecified atom stereocenters. The van der Waals surface area contributed by atoms with Crippen LogP contribution in [-0.4, -0.2) is 5.11 Å². The molecule has 0 heterocycles. The molecule has 0 fully saturated rings. The third kappa shape index (κ3) is 4.00. The first kappa shape index (κ1) is 17.4. The Hall–Kier alpha value is -2.38. The average molecular weight is 330 g/mol. The first-order valence-corrected chi connectivity index (χ1v) is 9.17. The minimum absolute atomic E-state index is 0.0912. The average Bonchev–Trinajstić information content (AvgIpc) is 2.68. The van der Waals surface area contributed by atoms with Crippen LogP contribution >= 0.6 is 0 Å². The van der Waals surface area contributed by atoms with Gasteiger partial charge in [-0.15, -0.1) is 0 Å². The molecule has 0 radical (unpaired) electrons. The number of hydrogen-bond donors (Lipinski definition) is 1. The van der Waals surface area contributed by atoms with E-state index in [1.165, 1.54) is 39.8 Å². The zero-order valence-electron chi connectivity index (χ0n) is 15.1.